The highest BCUT2D eigenvalue weighted by Crippen LogP contribution is 2.18. The van der Waals surface area contributed by atoms with Crippen LogP contribution in [-0.4, -0.2) is 37.8 Å². The Morgan fingerprint density at radius 2 is 2.10 bits per heavy atom. The molecule has 1 aromatic rings. The van der Waals surface area contributed by atoms with Crippen molar-refractivity contribution in [2.45, 2.75) is 19.8 Å². The van der Waals surface area contributed by atoms with Gasteiger partial charge in [0.25, 0.3) is 0 Å². The maximum absolute atomic E-state index is 11.8. The number of methoxy groups -OCH3 is 1. The zero-order chi connectivity index (χ0) is 15.0. The van der Waals surface area contributed by atoms with Gasteiger partial charge in [-0.25, -0.2) is 9.59 Å². The first kappa shape index (κ1) is 15.8. The summed E-state index contributed by atoms with van der Waals surface area (Å²) in [6.07, 6.45) is 0.938. The van der Waals surface area contributed by atoms with Gasteiger partial charge in [-0.15, -0.1) is 0 Å². The Hall–Kier alpha value is -2.24. The maximum atomic E-state index is 11.8. The van der Waals surface area contributed by atoms with Crippen molar-refractivity contribution >= 4 is 17.9 Å². The van der Waals surface area contributed by atoms with Gasteiger partial charge in [0, 0.05) is 25.3 Å². The van der Waals surface area contributed by atoms with E-state index in [0.717, 1.165) is 12.8 Å². The zero-order valence-corrected chi connectivity index (χ0v) is 12.0. The first-order chi connectivity index (χ1) is 9.56. The molecule has 1 N–H and O–H groups in total. The Morgan fingerprint density at radius 1 is 1.35 bits per heavy atom. The van der Waals surface area contributed by atoms with Crippen LogP contribution in [-0.2, 0) is 4.74 Å². The molecule has 0 unspecified atom stereocenters. The molecule has 110 valence electrons. The second-order valence-electron chi connectivity index (χ2n) is 4.29. The van der Waals surface area contributed by atoms with Gasteiger partial charge >= 0.3 is 12.2 Å². The molecule has 0 aliphatic rings. The normalized spacial score (nSPS) is 9.75. The predicted molar refractivity (Wildman–Crippen MR) is 76.0 cm³/mol. The molecular weight excluding hydrogens is 260 g/mol. The Kier molecular flexibility index (Phi) is 6.36. The number of benzene rings is 1. The van der Waals surface area contributed by atoms with E-state index in [0.29, 0.717) is 18.0 Å². The highest BCUT2D eigenvalue weighted by atomic mass is 16.6. The van der Waals surface area contributed by atoms with E-state index in [-0.39, 0.29) is 0 Å². The highest BCUT2D eigenvalue weighted by Gasteiger charge is 2.11. The van der Waals surface area contributed by atoms with Crippen LogP contribution >= 0.6 is 0 Å². The number of hydrogen-bond acceptors (Lipinski definition) is 4. The fourth-order valence-corrected chi connectivity index (χ4v) is 1.47. The summed E-state index contributed by atoms with van der Waals surface area (Å²) in [4.78, 5) is 24.4. The number of carbonyl (C=O) groups is 2. The second-order valence-corrected chi connectivity index (χ2v) is 4.29. The molecule has 0 spiro atoms. The van der Waals surface area contributed by atoms with Crippen molar-refractivity contribution in [3.8, 4) is 5.75 Å². The molecule has 2 amide bonds. The number of ether oxygens (including phenoxy) is 2. The predicted octanol–water partition coefficient (Wildman–Crippen LogP) is 3.10. The van der Waals surface area contributed by atoms with Crippen LogP contribution in [0.25, 0.3) is 0 Å². The summed E-state index contributed by atoms with van der Waals surface area (Å²) in [5.74, 6) is 0.368. The summed E-state index contributed by atoms with van der Waals surface area (Å²) < 4.78 is 9.72. The summed E-state index contributed by atoms with van der Waals surface area (Å²) in [5, 5.41) is 2.50. The molecule has 1 aromatic carbocycles. The van der Waals surface area contributed by atoms with E-state index in [4.69, 9.17) is 4.74 Å². The number of nitrogens with zero attached hydrogens (tertiary/aromatic N) is 1. The lowest BCUT2D eigenvalue weighted by Gasteiger charge is -2.16. The highest BCUT2D eigenvalue weighted by molar-refractivity contribution is 5.84. The third-order valence-electron chi connectivity index (χ3n) is 2.63. The largest absolute Gasteiger partial charge is 0.453 e. The van der Waals surface area contributed by atoms with Gasteiger partial charge in [0.1, 0.15) is 5.75 Å². The number of hydrogen-bond donors (Lipinski definition) is 1. The number of carbonyl (C=O) groups excluding carboxylic acids is 2. The van der Waals surface area contributed by atoms with Crippen LogP contribution in [0.15, 0.2) is 24.3 Å². The molecule has 0 saturated carbocycles. The first-order valence-corrected chi connectivity index (χ1v) is 6.44. The van der Waals surface area contributed by atoms with E-state index in [1.165, 1.54) is 12.0 Å². The van der Waals surface area contributed by atoms with Crippen LogP contribution in [0.1, 0.15) is 19.8 Å². The fraction of sp³-hybridized carbons (Fsp3) is 0.429. The molecule has 0 saturated heterocycles. The summed E-state index contributed by atoms with van der Waals surface area (Å²) in [7, 11) is 2.97. The minimum atomic E-state index is -0.575. The SMILES string of the molecule is CCCCN(C)C(=O)Oc1cccc(NC(=O)OC)c1. The number of anilines is 1. The van der Waals surface area contributed by atoms with E-state index < -0.39 is 12.2 Å². The minimum Gasteiger partial charge on any atom is -0.453 e. The number of unbranched alkanes of at least 4 members (excludes halogenated alkanes) is 1. The molecule has 0 heterocycles. The van der Waals surface area contributed by atoms with E-state index in [2.05, 4.69) is 17.0 Å². The second kappa shape index (κ2) is 8.04. The van der Waals surface area contributed by atoms with Crippen molar-refractivity contribution in [2.24, 2.45) is 0 Å². The van der Waals surface area contributed by atoms with E-state index in [1.807, 2.05) is 0 Å². The van der Waals surface area contributed by atoms with Gasteiger partial charge in [-0.1, -0.05) is 19.4 Å². The van der Waals surface area contributed by atoms with Crippen molar-refractivity contribution in [3.05, 3.63) is 24.3 Å². The standard InChI is InChI=1S/C14H20N2O4/c1-4-5-9-16(2)14(18)20-12-8-6-7-11(10-12)15-13(17)19-3/h6-8,10H,4-5,9H2,1-3H3,(H,15,17). The summed E-state index contributed by atoms with van der Waals surface area (Å²) in [6.45, 7) is 2.70. The third-order valence-corrected chi connectivity index (χ3v) is 2.63. The molecule has 0 fully saturated rings. The molecule has 0 aromatic heterocycles. The lowest BCUT2D eigenvalue weighted by atomic mass is 10.3. The number of nitrogens with one attached hydrogen (secondary N) is 1. The summed E-state index contributed by atoms with van der Waals surface area (Å²) >= 11 is 0. The quantitative estimate of drug-likeness (QED) is 0.900. The summed E-state index contributed by atoms with van der Waals surface area (Å²) in [5.41, 5.74) is 0.498. The Labute approximate surface area is 118 Å². The zero-order valence-electron chi connectivity index (χ0n) is 12.0. The maximum Gasteiger partial charge on any atom is 0.414 e. The molecule has 6 nitrogen and oxygen atoms in total. The van der Waals surface area contributed by atoms with E-state index in [1.54, 1.807) is 31.3 Å². The van der Waals surface area contributed by atoms with Crippen molar-refractivity contribution < 1.29 is 19.1 Å². The van der Waals surface area contributed by atoms with Crippen LogP contribution in [0.2, 0.25) is 0 Å². The van der Waals surface area contributed by atoms with Crippen LogP contribution in [0.5, 0.6) is 5.75 Å². The molecule has 0 aliphatic carbocycles. The van der Waals surface area contributed by atoms with Crippen LogP contribution in [0, 0.1) is 0 Å². The molecule has 0 radical (unpaired) electrons. The van der Waals surface area contributed by atoms with Gasteiger partial charge in [-0.2, -0.15) is 0 Å². The van der Waals surface area contributed by atoms with Gasteiger partial charge in [-0.3, -0.25) is 5.32 Å². The van der Waals surface area contributed by atoms with Crippen LogP contribution in [0.4, 0.5) is 15.3 Å². The van der Waals surface area contributed by atoms with Crippen molar-refractivity contribution in [2.75, 3.05) is 26.0 Å². The molecular formula is C14H20N2O4. The minimum absolute atomic E-state index is 0.368. The van der Waals surface area contributed by atoms with Gasteiger partial charge in [-0.05, 0) is 18.6 Å². The monoisotopic (exact) mass is 280 g/mol. The van der Waals surface area contributed by atoms with Gasteiger partial charge in [0.2, 0.25) is 0 Å². The smallest absolute Gasteiger partial charge is 0.414 e. The van der Waals surface area contributed by atoms with Gasteiger partial charge in [0.15, 0.2) is 0 Å². The van der Waals surface area contributed by atoms with E-state index >= 15 is 0 Å². The first-order valence-electron chi connectivity index (χ1n) is 6.44. The van der Waals surface area contributed by atoms with Gasteiger partial charge < -0.3 is 14.4 Å². The molecule has 0 atom stereocenters. The molecule has 6 heteroatoms. The molecule has 0 bridgehead atoms. The molecule has 20 heavy (non-hydrogen) atoms. The van der Waals surface area contributed by atoms with Crippen LogP contribution in [0.3, 0.4) is 0 Å². The van der Waals surface area contributed by atoms with Crippen LogP contribution < -0.4 is 10.1 Å². The number of rotatable bonds is 5. The number of amides is 2. The Balaban J connectivity index is 2.61. The van der Waals surface area contributed by atoms with Gasteiger partial charge in [0.05, 0.1) is 7.11 Å². The topological polar surface area (TPSA) is 67.9 Å². The van der Waals surface area contributed by atoms with Crippen molar-refractivity contribution in [1.82, 2.24) is 4.90 Å². The van der Waals surface area contributed by atoms with Crippen molar-refractivity contribution in [3.63, 3.8) is 0 Å². The Bertz CT molecular complexity index is 462. The average molecular weight is 280 g/mol. The van der Waals surface area contributed by atoms with E-state index in [9.17, 15) is 9.59 Å². The molecule has 0 aliphatic heterocycles. The Morgan fingerprint density at radius 3 is 2.75 bits per heavy atom. The lowest BCUT2D eigenvalue weighted by Crippen LogP contribution is -2.30. The summed E-state index contributed by atoms with van der Waals surface area (Å²) in [6, 6.07) is 6.56. The fourth-order valence-electron chi connectivity index (χ4n) is 1.47. The lowest BCUT2D eigenvalue weighted by molar-refractivity contribution is 0.162. The molecule has 1 rings (SSSR count). The average Bonchev–Trinajstić information content (AvgIpc) is 2.44. The van der Waals surface area contributed by atoms with Crippen molar-refractivity contribution in [1.29, 1.82) is 0 Å². The third kappa shape index (κ3) is 5.17.